The van der Waals surface area contributed by atoms with Crippen LogP contribution in [0.2, 0.25) is 0 Å². The lowest BCUT2D eigenvalue weighted by Crippen LogP contribution is -2.01. The summed E-state index contributed by atoms with van der Waals surface area (Å²) in [5.74, 6) is 0. The lowest BCUT2D eigenvalue weighted by atomic mass is 10.00. The van der Waals surface area contributed by atoms with E-state index in [1.165, 1.54) is 21.8 Å². The fourth-order valence-electron chi connectivity index (χ4n) is 7.50. The quantitative estimate of drug-likeness (QED) is 0.149. The van der Waals surface area contributed by atoms with E-state index >= 15 is 0 Å². The number of para-hydroxylation sites is 3. The van der Waals surface area contributed by atoms with Crippen molar-refractivity contribution in [1.82, 2.24) is 9.13 Å². The lowest BCUT2D eigenvalue weighted by Gasteiger charge is -2.11. The van der Waals surface area contributed by atoms with Gasteiger partial charge in [0.25, 0.3) is 0 Å². The van der Waals surface area contributed by atoms with Crippen LogP contribution in [0.5, 0.6) is 0 Å². The zero-order valence-corrected chi connectivity index (χ0v) is 25.2. The summed E-state index contributed by atoms with van der Waals surface area (Å²) in [6.07, 6.45) is 0. The molecular weight excluding hydrogens is 576 g/mol. The minimum Gasteiger partial charge on any atom is -0.422 e. The maximum Gasteiger partial charge on any atom is 0.344 e. The Morgan fingerprint density at radius 3 is 1.64 bits per heavy atom. The van der Waals surface area contributed by atoms with Gasteiger partial charge in [0.1, 0.15) is 5.58 Å². The van der Waals surface area contributed by atoms with E-state index in [2.05, 4.69) is 130 Å². The molecule has 0 aliphatic carbocycles. The average molecular weight is 603 g/mol. The number of rotatable bonds is 3. The Kier molecular flexibility index (Phi) is 5.40. The molecule has 0 aliphatic heterocycles. The number of nitrogens with zero attached hydrogens (tertiary/aromatic N) is 2. The normalized spacial score (nSPS) is 11.9. The van der Waals surface area contributed by atoms with Crippen molar-refractivity contribution in [2.24, 2.45) is 0 Å². The zero-order valence-electron chi connectivity index (χ0n) is 25.2. The molecule has 0 amide bonds. The smallest absolute Gasteiger partial charge is 0.344 e. The Labute approximate surface area is 268 Å². The monoisotopic (exact) mass is 602 g/mol. The summed E-state index contributed by atoms with van der Waals surface area (Å²) in [5.41, 5.74) is 9.28. The highest BCUT2D eigenvalue weighted by molar-refractivity contribution is 6.24. The highest BCUT2D eigenvalue weighted by atomic mass is 16.4. The molecule has 47 heavy (non-hydrogen) atoms. The topological polar surface area (TPSA) is 40.1 Å². The van der Waals surface area contributed by atoms with Crippen LogP contribution in [-0.2, 0) is 0 Å². The van der Waals surface area contributed by atoms with Crippen molar-refractivity contribution in [3.8, 4) is 22.5 Å². The summed E-state index contributed by atoms with van der Waals surface area (Å²) >= 11 is 0. The van der Waals surface area contributed by atoms with Gasteiger partial charge < -0.3 is 13.6 Å². The first kappa shape index (κ1) is 25.9. The van der Waals surface area contributed by atoms with Gasteiger partial charge in [0.05, 0.1) is 32.8 Å². The van der Waals surface area contributed by atoms with Gasteiger partial charge in [-0.15, -0.1) is 0 Å². The standard InChI is InChI=1S/C43H26N2O2/c46-43-34-17-8-7-16-32(34)41-40(47-43)24-21-33-36-26-28(20-23-39(36)45(42(33)41)30-13-5-2-6-14-30)27-19-22-38-35(25-27)31-15-9-10-18-37(31)44(38)29-11-3-1-4-12-29/h1-26H. The molecule has 0 saturated heterocycles. The summed E-state index contributed by atoms with van der Waals surface area (Å²) in [7, 11) is 0. The Morgan fingerprint density at radius 1 is 0.404 bits per heavy atom. The number of hydrogen-bond acceptors (Lipinski definition) is 2. The van der Waals surface area contributed by atoms with Gasteiger partial charge >= 0.3 is 5.63 Å². The molecule has 0 unspecified atom stereocenters. The third-order valence-corrected chi connectivity index (χ3v) is 9.54. The molecule has 0 fully saturated rings. The van der Waals surface area contributed by atoms with Crippen LogP contribution in [0.15, 0.2) is 167 Å². The van der Waals surface area contributed by atoms with E-state index in [-0.39, 0.29) is 5.63 Å². The van der Waals surface area contributed by atoms with Gasteiger partial charge in [-0.05, 0) is 83.9 Å². The van der Waals surface area contributed by atoms with E-state index < -0.39 is 0 Å². The molecule has 0 N–H and O–H groups in total. The summed E-state index contributed by atoms with van der Waals surface area (Å²) in [6, 6.07) is 54.9. The molecule has 220 valence electrons. The van der Waals surface area contributed by atoms with Crippen LogP contribution in [0.4, 0.5) is 0 Å². The number of fused-ring (bicyclic) bond motifs is 10. The van der Waals surface area contributed by atoms with Crippen LogP contribution in [0.1, 0.15) is 0 Å². The minimum absolute atomic E-state index is 0.318. The minimum atomic E-state index is -0.318. The lowest BCUT2D eigenvalue weighted by molar-refractivity contribution is 0.570. The summed E-state index contributed by atoms with van der Waals surface area (Å²) in [4.78, 5) is 12.9. The first-order chi connectivity index (χ1) is 23.2. The Bertz CT molecular complexity index is 2910. The summed E-state index contributed by atoms with van der Waals surface area (Å²) < 4.78 is 10.6. The van der Waals surface area contributed by atoms with Crippen molar-refractivity contribution >= 4 is 65.4 Å². The van der Waals surface area contributed by atoms with Crippen LogP contribution < -0.4 is 5.63 Å². The van der Waals surface area contributed by atoms with Gasteiger partial charge in [0.15, 0.2) is 0 Å². The molecule has 0 bridgehead atoms. The molecule has 0 aliphatic rings. The van der Waals surface area contributed by atoms with Crippen molar-refractivity contribution in [2.75, 3.05) is 0 Å². The molecule has 0 radical (unpaired) electrons. The Balaban J connectivity index is 1.27. The van der Waals surface area contributed by atoms with Gasteiger partial charge in [-0.25, -0.2) is 4.79 Å². The summed E-state index contributed by atoms with van der Waals surface area (Å²) in [5, 5.41) is 7.13. The molecule has 7 aromatic carbocycles. The van der Waals surface area contributed by atoms with Crippen LogP contribution in [0.3, 0.4) is 0 Å². The molecule has 4 nitrogen and oxygen atoms in total. The maximum atomic E-state index is 12.9. The second-order valence-corrected chi connectivity index (χ2v) is 12.1. The van der Waals surface area contributed by atoms with Crippen LogP contribution in [0, 0.1) is 0 Å². The van der Waals surface area contributed by atoms with E-state index in [0.717, 1.165) is 55.1 Å². The molecule has 10 rings (SSSR count). The second kappa shape index (κ2) is 9.80. The largest absolute Gasteiger partial charge is 0.422 e. The third-order valence-electron chi connectivity index (χ3n) is 9.54. The third kappa shape index (κ3) is 3.73. The van der Waals surface area contributed by atoms with Crippen molar-refractivity contribution in [2.45, 2.75) is 0 Å². The molecule has 10 aromatic rings. The number of hydrogen-bond donors (Lipinski definition) is 0. The molecular formula is C43H26N2O2. The molecule has 0 spiro atoms. The molecule has 0 saturated carbocycles. The fraction of sp³-hybridized carbons (Fsp3) is 0. The highest BCUT2D eigenvalue weighted by Gasteiger charge is 2.20. The first-order valence-electron chi connectivity index (χ1n) is 15.8. The summed E-state index contributed by atoms with van der Waals surface area (Å²) in [6.45, 7) is 0. The van der Waals surface area contributed by atoms with Crippen molar-refractivity contribution in [1.29, 1.82) is 0 Å². The van der Waals surface area contributed by atoms with Crippen molar-refractivity contribution in [3.63, 3.8) is 0 Å². The predicted molar refractivity (Wildman–Crippen MR) is 194 cm³/mol. The van der Waals surface area contributed by atoms with Gasteiger partial charge in [-0.3, -0.25) is 0 Å². The van der Waals surface area contributed by atoms with Gasteiger partial charge in [-0.2, -0.15) is 0 Å². The van der Waals surface area contributed by atoms with Crippen molar-refractivity contribution < 1.29 is 4.42 Å². The van der Waals surface area contributed by atoms with Crippen molar-refractivity contribution in [3.05, 3.63) is 168 Å². The first-order valence-corrected chi connectivity index (χ1v) is 15.8. The highest BCUT2D eigenvalue weighted by Crippen LogP contribution is 2.41. The fourth-order valence-corrected chi connectivity index (χ4v) is 7.50. The molecule has 3 aromatic heterocycles. The zero-order chi connectivity index (χ0) is 31.1. The molecule has 4 heteroatoms. The predicted octanol–water partition coefficient (Wildman–Crippen LogP) is 10.8. The molecule has 0 atom stereocenters. The van der Waals surface area contributed by atoms with Gasteiger partial charge in [0.2, 0.25) is 0 Å². The Hall–Kier alpha value is -6.39. The van der Waals surface area contributed by atoms with Crippen LogP contribution >= 0.6 is 0 Å². The van der Waals surface area contributed by atoms with E-state index in [0.29, 0.717) is 11.0 Å². The van der Waals surface area contributed by atoms with Crippen LogP contribution in [-0.4, -0.2) is 9.13 Å². The van der Waals surface area contributed by atoms with Crippen LogP contribution in [0.25, 0.3) is 87.9 Å². The van der Waals surface area contributed by atoms with Gasteiger partial charge in [-0.1, -0.05) is 84.9 Å². The Morgan fingerprint density at radius 2 is 0.936 bits per heavy atom. The SMILES string of the molecule is O=c1oc2ccc3c4cc(-c5ccc6c(c5)c5ccccc5n6-c5ccccc5)ccc4n(-c4ccccc4)c3c2c2ccccc12. The van der Waals surface area contributed by atoms with Gasteiger partial charge in [0, 0.05) is 38.3 Å². The number of aromatic nitrogens is 2. The van der Waals surface area contributed by atoms with E-state index in [9.17, 15) is 4.79 Å². The molecule has 3 heterocycles. The van der Waals surface area contributed by atoms with E-state index in [1.54, 1.807) is 0 Å². The number of benzene rings is 7. The van der Waals surface area contributed by atoms with E-state index in [4.69, 9.17) is 4.42 Å². The maximum absolute atomic E-state index is 12.9. The average Bonchev–Trinajstić information content (AvgIpc) is 3.64. The second-order valence-electron chi connectivity index (χ2n) is 12.1. The van der Waals surface area contributed by atoms with E-state index in [1.807, 2.05) is 36.4 Å².